The lowest BCUT2D eigenvalue weighted by molar-refractivity contribution is -0.117. The molecule has 0 saturated heterocycles. The lowest BCUT2D eigenvalue weighted by Crippen LogP contribution is -2.39. The van der Waals surface area contributed by atoms with Gasteiger partial charge in [-0.05, 0) is 24.1 Å². The van der Waals surface area contributed by atoms with Gasteiger partial charge in [-0.2, -0.15) is 0 Å². The van der Waals surface area contributed by atoms with E-state index in [0.717, 1.165) is 23.9 Å². The number of amides is 1. The third-order valence-electron chi connectivity index (χ3n) is 3.68. The van der Waals surface area contributed by atoms with Crippen LogP contribution in [0.25, 0.3) is 0 Å². The van der Waals surface area contributed by atoms with Gasteiger partial charge in [0.2, 0.25) is 15.9 Å². The second-order valence-electron chi connectivity index (χ2n) is 5.19. The summed E-state index contributed by atoms with van der Waals surface area (Å²) in [6.07, 6.45) is 1.84. The van der Waals surface area contributed by atoms with E-state index in [0.29, 0.717) is 6.54 Å². The lowest BCUT2D eigenvalue weighted by atomic mass is 10.2. The van der Waals surface area contributed by atoms with Crippen LogP contribution in [0.15, 0.2) is 41.4 Å². The maximum absolute atomic E-state index is 12.3. The average Bonchev–Trinajstić information content (AvgIpc) is 2.99. The van der Waals surface area contributed by atoms with Gasteiger partial charge in [0.25, 0.3) is 0 Å². The lowest BCUT2D eigenvalue weighted by Gasteiger charge is -2.17. The van der Waals surface area contributed by atoms with Crippen molar-refractivity contribution in [3.63, 3.8) is 0 Å². The van der Waals surface area contributed by atoms with E-state index in [1.165, 1.54) is 6.07 Å². The number of carbonyl (C=O) groups is 1. The number of carbonyl (C=O) groups excluding carboxylic acids is 1. The van der Waals surface area contributed by atoms with Crippen LogP contribution in [0.1, 0.15) is 5.56 Å². The number of aromatic nitrogens is 1. The smallest absolute Gasteiger partial charge is 0.242 e. The van der Waals surface area contributed by atoms with Gasteiger partial charge < -0.3 is 4.90 Å². The van der Waals surface area contributed by atoms with Crippen molar-refractivity contribution in [1.29, 1.82) is 0 Å². The third-order valence-corrected chi connectivity index (χ3v) is 5.74. The standard InChI is InChI=1S/C15H13Cl2N3O3S/c16-12-7-11(8-18-15(12)17)24(22,23)19-9-14(21)20-6-5-10-3-1-2-4-13(10)20/h1-4,7-8,19H,5-6,9H2. The van der Waals surface area contributed by atoms with E-state index in [-0.39, 0.29) is 27.5 Å². The highest BCUT2D eigenvalue weighted by molar-refractivity contribution is 7.89. The number of pyridine rings is 1. The first-order chi connectivity index (χ1) is 11.4. The predicted molar refractivity (Wildman–Crippen MR) is 91.9 cm³/mol. The highest BCUT2D eigenvalue weighted by Crippen LogP contribution is 2.27. The zero-order valence-corrected chi connectivity index (χ0v) is 14.7. The molecule has 1 amide bonds. The Kier molecular flexibility index (Phi) is 4.78. The van der Waals surface area contributed by atoms with Crippen molar-refractivity contribution in [3.05, 3.63) is 52.3 Å². The van der Waals surface area contributed by atoms with Crippen LogP contribution in [-0.4, -0.2) is 32.4 Å². The number of benzene rings is 1. The molecule has 0 fully saturated rings. The first-order valence-electron chi connectivity index (χ1n) is 7.07. The Labute approximate surface area is 149 Å². The Morgan fingerprint density at radius 1 is 1.29 bits per heavy atom. The maximum atomic E-state index is 12.3. The molecule has 0 atom stereocenters. The fraction of sp³-hybridized carbons (Fsp3) is 0.200. The van der Waals surface area contributed by atoms with E-state index >= 15 is 0 Å². The fourth-order valence-corrected chi connectivity index (χ4v) is 3.76. The molecule has 0 unspecified atom stereocenters. The van der Waals surface area contributed by atoms with Crippen LogP contribution in [0.5, 0.6) is 0 Å². The molecular formula is C15H13Cl2N3O3S. The van der Waals surface area contributed by atoms with Crippen LogP contribution in [0.3, 0.4) is 0 Å². The van der Waals surface area contributed by atoms with Gasteiger partial charge in [-0.3, -0.25) is 4.79 Å². The highest BCUT2D eigenvalue weighted by Gasteiger charge is 2.25. The van der Waals surface area contributed by atoms with Gasteiger partial charge in [-0.15, -0.1) is 0 Å². The molecule has 126 valence electrons. The minimum absolute atomic E-state index is 0.0142. The Morgan fingerprint density at radius 2 is 2.04 bits per heavy atom. The van der Waals surface area contributed by atoms with Crippen molar-refractivity contribution in [2.45, 2.75) is 11.3 Å². The van der Waals surface area contributed by atoms with Crippen molar-refractivity contribution >= 4 is 44.8 Å². The molecule has 0 radical (unpaired) electrons. The molecule has 0 spiro atoms. The van der Waals surface area contributed by atoms with Gasteiger partial charge in [0, 0.05) is 18.4 Å². The number of nitrogens with one attached hydrogen (secondary N) is 1. The molecule has 2 aromatic rings. The van der Waals surface area contributed by atoms with E-state index in [4.69, 9.17) is 23.2 Å². The zero-order valence-electron chi connectivity index (χ0n) is 12.4. The maximum Gasteiger partial charge on any atom is 0.242 e. The number of hydrogen-bond donors (Lipinski definition) is 1. The number of hydrogen-bond acceptors (Lipinski definition) is 4. The van der Waals surface area contributed by atoms with E-state index < -0.39 is 10.0 Å². The van der Waals surface area contributed by atoms with E-state index in [1.807, 2.05) is 24.3 Å². The number of anilines is 1. The number of para-hydroxylation sites is 1. The van der Waals surface area contributed by atoms with Gasteiger partial charge in [0.15, 0.2) is 0 Å². The molecule has 1 aromatic carbocycles. The summed E-state index contributed by atoms with van der Waals surface area (Å²) in [6.45, 7) is 0.186. The summed E-state index contributed by atoms with van der Waals surface area (Å²) in [5.41, 5.74) is 1.89. The molecule has 0 bridgehead atoms. The molecule has 6 nitrogen and oxygen atoms in total. The number of fused-ring (bicyclic) bond motifs is 1. The van der Waals surface area contributed by atoms with Gasteiger partial charge in [0.1, 0.15) is 10.0 Å². The number of rotatable bonds is 4. The van der Waals surface area contributed by atoms with E-state index in [1.54, 1.807) is 4.90 Å². The Morgan fingerprint density at radius 3 is 2.79 bits per heavy atom. The molecule has 1 aromatic heterocycles. The first kappa shape index (κ1) is 17.2. The van der Waals surface area contributed by atoms with Crippen LogP contribution >= 0.6 is 23.2 Å². The van der Waals surface area contributed by atoms with Crippen molar-refractivity contribution < 1.29 is 13.2 Å². The minimum Gasteiger partial charge on any atom is -0.311 e. The molecule has 9 heteroatoms. The molecule has 1 aliphatic heterocycles. The normalized spacial score (nSPS) is 13.8. The van der Waals surface area contributed by atoms with E-state index in [9.17, 15) is 13.2 Å². The summed E-state index contributed by atoms with van der Waals surface area (Å²) in [5.74, 6) is -0.323. The van der Waals surface area contributed by atoms with Crippen LogP contribution in [0.4, 0.5) is 5.69 Å². The van der Waals surface area contributed by atoms with Gasteiger partial charge in [-0.1, -0.05) is 41.4 Å². The molecule has 1 N–H and O–H groups in total. The quantitative estimate of drug-likeness (QED) is 0.818. The first-order valence-corrected chi connectivity index (χ1v) is 9.31. The summed E-state index contributed by atoms with van der Waals surface area (Å²) >= 11 is 11.5. The molecule has 0 aliphatic carbocycles. The summed E-state index contributed by atoms with van der Waals surface area (Å²) in [7, 11) is -3.90. The van der Waals surface area contributed by atoms with Gasteiger partial charge >= 0.3 is 0 Å². The molecular weight excluding hydrogens is 373 g/mol. The zero-order chi connectivity index (χ0) is 17.3. The van der Waals surface area contributed by atoms with Gasteiger partial charge in [0.05, 0.1) is 11.6 Å². The highest BCUT2D eigenvalue weighted by atomic mass is 35.5. The predicted octanol–water partition coefficient (Wildman–Crippen LogP) is 2.26. The van der Waals surface area contributed by atoms with E-state index in [2.05, 4.69) is 9.71 Å². The van der Waals surface area contributed by atoms with Crippen LogP contribution in [0.2, 0.25) is 10.2 Å². The molecule has 2 heterocycles. The molecule has 1 aliphatic rings. The van der Waals surface area contributed by atoms with Crippen molar-refractivity contribution in [3.8, 4) is 0 Å². The number of nitrogens with zero attached hydrogens (tertiary/aromatic N) is 2. The summed E-state index contributed by atoms with van der Waals surface area (Å²) < 4.78 is 26.7. The number of sulfonamides is 1. The van der Waals surface area contributed by atoms with Crippen LogP contribution < -0.4 is 9.62 Å². The molecule has 3 rings (SSSR count). The van der Waals surface area contributed by atoms with Crippen LogP contribution in [-0.2, 0) is 21.2 Å². The summed E-state index contributed by atoms with van der Waals surface area (Å²) in [5, 5.41) is 0.0414. The summed E-state index contributed by atoms with van der Waals surface area (Å²) in [4.78, 5) is 17.5. The summed E-state index contributed by atoms with van der Waals surface area (Å²) in [6, 6.07) is 8.74. The Bertz CT molecular complexity index is 903. The molecule has 0 saturated carbocycles. The fourth-order valence-electron chi connectivity index (χ4n) is 2.48. The largest absolute Gasteiger partial charge is 0.311 e. The third kappa shape index (κ3) is 3.39. The van der Waals surface area contributed by atoms with Gasteiger partial charge in [-0.25, -0.2) is 18.1 Å². The molecule has 24 heavy (non-hydrogen) atoms. The monoisotopic (exact) mass is 385 g/mol. The average molecular weight is 386 g/mol. The minimum atomic E-state index is -3.90. The van der Waals surface area contributed by atoms with Crippen molar-refractivity contribution in [2.24, 2.45) is 0 Å². The van der Waals surface area contributed by atoms with Crippen LogP contribution in [0, 0.1) is 0 Å². The SMILES string of the molecule is O=C(CNS(=O)(=O)c1cnc(Cl)c(Cl)c1)N1CCc2ccccc21. The Balaban J connectivity index is 1.71. The second kappa shape index (κ2) is 6.68. The topological polar surface area (TPSA) is 79.4 Å². The van der Waals surface area contributed by atoms with Crippen molar-refractivity contribution in [2.75, 3.05) is 18.0 Å². The second-order valence-corrected chi connectivity index (χ2v) is 7.72. The Hall–Kier alpha value is -1.67. The number of halogens is 2. The van der Waals surface area contributed by atoms with Crippen molar-refractivity contribution in [1.82, 2.24) is 9.71 Å².